The molecule has 4 aromatic rings. The Bertz CT molecular complexity index is 1280. The molecular weight excluding hydrogens is 396 g/mol. The number of para-hydroxylation sites is 1. The smallest absolute Gasteiger partial charge is 0.262 e. The van der Waals surface area contributed by atoms with E-state index in [1.54, 1.807) is 28.2 Å². The molecule has 28 heavy (non-hydrogen) atoms. The third kappa shape index (κ3) is 3.48. The number of aryl methyl sites for hydroxylation is 1. The molecular formula is C19H18N4O3S2. The molecule has 9 heteroatoms. The van der Waals surface area contributed by atoms with Gasteiger partial charge in [-0.3, -0.25) is 18.6 Å². The van der Waals surface area contributed by atoms with Gasteiger partial charge in [-0.15, -0.1) is 11.3 Å². The zero-order valence-corrected chi connectivity index (χ0v) is 17.0. The Balaban J connectivity index is 1.71. The second-order valence-electron chi connectivity index (χ2n) is 6.23. The lowest BCUT2D eigenvalue weighted by molar-refractivity contribution is 0.183. The Morgan fingerprint density at radius 2 is 2.04 bits per heavy atom. The van der Waals surface area contributed by atoms with Gasteiger partial charge in [-0.2, -0.15) is 0 Å². The standard InChI is InChI=1S/C19H18N4O3S2/c1-12-10-27-19-20-13(9-16(24)23(12)19)11-28-18-21-15-6-4-3-5-14(15)17(25)22(18)7-8-26-2/h3-6,9-10H,7-8,11H2,1-2H3. The van der Waals surface area contributed by atoms with Crippen molar-refractivity contribution in [1.29, 1.82) is 0 Å². The summed E-state index contributed by atoms with van der Waals surface area (Å²) in [6.45, 7) is 2.71. The fourth-order valence-electron chi connectivity index (χ4n) is 2.95. The molecule has 0 saturated carbocycles. The highest BCUT2D eigenvalue weighted by Gasteiger charge is 2.13. The minimum Gasteiger partial charge on any atom is -0.383 e. The maximum Gasteiger partial charge on any atom is 0.262 e. The molecule has 0 aliphatic carbocycles. The van der Waals surface area contributed by atoms with E-state index in [0.29, 0.717) is 45.6 Å². The minimum atomic E-state index is -0.0949. The van der Waals surface area contributed by atoms with Gasteiger partial charge in [0.1, 0.15) is 0 Å². The highest BCUT2D eigenvalue weighted by molar-refractivity contribution is 7.98. The van der Waals surface area contributed by atoms with Gasteiger partial charge in [-0.05, 0) is 19.1 Å². The number of benzene rings is 1. The number of thioether (sulfide) groups is 1. The van der Waals surface area contributed by atoms with E-state index in [2.05, 4.69) is 9.97 Å². The van der Waals surface area contributed by atoms with Crippen molar-refractivity contribution >= 4 is 39.0 Å². The molecule has 0 unspecified atom stereocenters. The van der Waals surface area contributed by atoms with Crippen LogP contribution in [0.2, 0.25) is 0 Å². The molecule has 0 spiro atoms. The Morgan fingerprint density at radius 3 is 2.86 bits per heavy atom. The number of ether oxygens (including phenoxy) is 1. The maximum atomic E-state index is 12.9. The third-order valence-electron chi connectivity index (χ3n) is 4.32. The first-order valence-corrected chi connectivity index (χ1v) is 10.5. The SMILES string of the molecule is COCCn1c(SCc2cc(=O)n3c(C)csc3n2)nc2ccccc2c1=O. The van der Waals surface area contributed by atoms with Gasteiger partial charge in [0.2, 0.25) is 0 Å². The zero-order chi connectivity index (χ0) is 19.7. The summed E-state index contributed by atoms with van der Waals surface area (Å²) in [5.41, 5.74) is 2.00. The topological polar surface area (TPSA) is 78.5 Å². The van der Waals surface area contributed by atoms with Crippen molar-refractivity contribution in [3.63, 3.8) is 0 Å². The van der Waals surface area contributed by atoms with Crippen LogP contribution in [0.4, 0.5) is 0 Å². The fourth-order valence-corrected chi connectivity index (χ4v) is 4.76. The molecule has 0 bridgehead atoms. The Kier molecular flexibility index (Phi) is 5.29. The van der Waals surface area contributed by atoms with Crippen molar-refractivity contribution in [1.82, 2.24) is 18.9 Å². The van der Waals surface area contributed by atoms with Crippen LogP contribution in [0.5, 0.6) is 0 Å². The van der Waals surface area contributed by atoms with Crippen LogP contribution in [0.3, 0.4) is 0 Å². The van der Waals surface area contributed by atoms with Gasteiger partial charge in [0.05, 0.1) is 29.7 Å². The van der Waals surface area contributed by atoms with E-state index in [1.807, 2.05) is 30.5 Å². The molecule has 0 radical (unpaired) electrons. The van der Waals surface area contributed by atoms with Crippen LogP contribution in [0, 0.1) is 6.92 Å². The number of hydrogen-bond acceptors (Lipinski definition) is 7. The van der Waals surface area contributed by atoms with Crippen molar-refractivity contribution in [3.8, 4) is 0 Å². The molecule has 4 rings (SSSR count). The van der Waals surface area contributed by atoms with Crippen molar-refractivity contribution in [2.24, 2.45) is 0 Å². The normalized spacial score (nSPS) is 11.5. The Morgan fingerprint density at radius 1 is 1.21 bits per heavy atom. The van der Waals surface area contributed by atoms with Gasteiger partial charge in [-0.25, -0.2) is 9.97 Å². The van der Waals surface area contributed by atoms with E-state index in [1.165, 1.54) is 23.1 Å². The molecule has 7 nitrogen and oxygen atoms in total. The van der Waals surface area contributed by atoms with Crippen LogP contribution in [-0.4, -0.2) is 32.7 Å². The number of aromatic nitrogens is 4. The first kappa shape index (κ1) is 18.9. The average molecular weight is 415 g/mol. The van der Waals surface area contributed by atoms with Crippen LogP contribution in [0.25, 0.3) is 15.9 Å². The number of rotatable bonds is 6. The van der Waals surface area contributed by atoms with Crippen LogP contribution in [0.15, 0.2) is 50.5 Å². The van der Waals surface area contributed by atoms with E-state index in [-0.39, 0.29) is 11.1 Å². The molecule has 3 heterocycles. The summed E-state index contributed by atoms with van der Waals surface area (Å²) in [5, 5.41) is 3.08. The highest BCUT2D eigenvalue weighted by atomic mass is 32.2. The van der Waals surface area contributed by atoms with Crippen molar-refractivity contribution in [2.75, 3.05) is 13.7 Å². The molecule has 0 N–H and O–H groups in total. The predicted octanol–water partition coefficient (Wildman–Crippen LogP) is 2.71. The number of fused-ring (bicyclic) bond motifs is 2. The molecule has 0 amide bonds. The van der Waals surface area contributed by atoms with Gasteiger partial charge >= 0.3 is 0 Å². The second kappa shape index (κ2) is 7.86. The predicted molar refractivity (Wildman–Crippen MR) is 112 cm³/mol. The lowest BCUT2D eigenvalue weighted by Crippen LogP contribution is -2.25. The highest BCUT2D eigenvalue weighted by Crippen LogP contribution is 2.22. The molecule has 0 fully saturated rings. The summed E-state index contributed by atoms with van der Waals surface area (Å²) in [6.07, 6.45) is 0. The van der Waals surface area contributed by atoms with Gasteiger partial charge in [-0.1, -0.05) is 23.9 Å². The molecule has 144 valence electrons. The van der Waals surface area contributed by atoms with Crippen LogP contribution >= 0.6 is 23.1 Å². The first-order valence-electron chi connectivity index (χ1n) is 8.66. The van der Waals surface area contributed by atoms with Crippen molar-refractivity contribution in [3.05, 3.63) is 67.8 Å². The van der Waals surface area contributed by atoms with Crippen molar-refractivity contribution in [2.45, 2.75) is 24.4 Å². The molecule has 0 aliphatic rings. The van der Waals surface area contributed by atoms with E-state index < -0.39 is 0 Å². The fraction of sp³-hybridized carbons (Fsp3) is 0.263. The quantitative estimate of drug-likeness (QED) is 0.357. The summed E-state index contributed by atoms with van der Waals surface area (Å²) in [4.78, 5) is 35.1. The number of methoxy groups -OCH3 is 1. The summed E-state index contributed by atoms with van der Waals surface area (Å²) in [7, 11) is 1.60. The largest absolute Gasteiger partial charge is 0.383 e. The van der Waals surface area contributed by atoms with E-state index >= 15 is 0 Å². The molecule has 0 saturated heterocycles. The summed E-state index contributed by atoms with van der Waals surface area (Å²) < 4.78 is 8.37. The molecule has 1 aromatic carbocycles. The molecule has 0 aliphatic heterocycles. The van der Waals surface area contributed by atoms with Crippen molar-refractivity contribution < 1.29 is 4.74 Å². The zero-order valence-electron chi connectivity index (χ0n) is 15.4. The van der Waals surface area contributed by atoms with Gasteiger partial charge in [0.15, 0.2) is 10.1 Å². The maximum absolute atomic E-state index is 12.9. The summed E-state index contributed by atoms with van der Waals surface area (Å²) in [5.74, 6) is 0.445. The Hall–Kier alpha value is -2.49. The van der Waals surface area contributed by atoms with E-state index in [9.17, 15) is 9.59 Å². The van der Waals surface area contributed by atoms with Crippen LogP contribution < -0.4 is 11.1 Å². The number of nitrogens with zero attached hydrogens (tertiary/aromatic N) is 4. The minimum absolute atomic E-state index is 0.0948. The molecule has 0 atom stereocenters. The lowest BCUT2D eigenvalue weighted by Gasteiger charge is -2.12. The van der Waals surface area contributed by atoms with Gasteiger partial charge < -0.3 is 4.74 Å². The average Bonchev–Trinajstić information content (AvgIpc) is 3.07. The Labute approximate surface area is 168 Å². The van der Waals surface area contributed by atoms with Crippen LogP contribution in [-0.2, 0) is 17.0 Å². The monoisotopic (exact) mass is 414 g/mol. The van der Waals surface area contributed by atoms with Gasteiger partial charge in [0, 0.05) is 30.0 Å². The summed E-state index contributed by atoms with van der Waals surface area (Å²) >= 11 is 2.83. The van der Waals surface area contributed by atoms with Gasteiger partial charge in [0.25, 0.3) is 11.1 Å². The van der Waals surface area contributed by atoms with Crippen LogP contribution in [0.1, 0.15) is 11.4 Å². The summed E-state index contributed by atoms with van der Waals surface area (Å²) in [6, 6.07) is 8.83. The molecule has 3 aromatic heterocycles. The van der Waals surface area contributed by atoms with E-state index in [0.717, 1.165) is 5.69 Å². The third-order valence-corrected chi connectivity index (χ3v) is 6.28. The number of hydrogen-bond donors (Lipinski definition) is 0. The first-order chi connectivity index (χ1) is 13.6. The second-order valence-corrected chi connectivity index (χ2v) is 8.01. The number of thiazole rings is 1. The van der Waals surface area contributed by atoms with E-state index in [4.69, 9.17) is 4.74 Å². The lowest BCUT2D eigenvalue weighted by atomic mass is 10.2.